The van der Waals surface area contributed by atoms with Crippen molar-refractivity contribution in [3.63, 3.8) is 0 Å². The largest absolute Gasteiger partial charge is 0.480 e. The van der Waals surface area contributed by atoms with Gasteiger partial charge in [0.05, 0.1) is 11.9 Å². The maximum atomic E-state index is 12.2. The van der Waals surface area contributed by atoms with E-state index in [9.17, 15) is 13.2 Å². The van der Waals surface area contributed by atoms with Crippen LogP contribution in [-0.4, -0.2) is 54.8 Å². The second-order valence-corrected chi connectivity index (χ2v) is 6.84. The summed E-state index contributed by atoms with van der Waals surface area (Å²) >= 11 is 0. The fraction of sp³-hybridized carbons (Fsp3) is 0.909. The zero-order valence-electron chi connectivity index (χ0n) is 10.2. The Bertz CT molecular complexity index is 402. The predicted molar refractivity (Wildman–Crippen MR) is 64.7 cm³/mol. The number of hydrogen-bond acceptors (Lipinski definition) is 4. The number of aliphatic carboxylic acids is 1. The van der Waals surface area contributed by atoms with E-state index in [2.05, 4.69) is 0 Å². The van der Waals surface area contributed by atoms with E-state index in [0.29, 0.717) is 19.6 Å². The summed E-state index contributed by atoms with van der Waals surface area (Å²) in [7, 11) is -3.53. The van der Waals surface area contributed by atoms with E-state index >= 15 is 0 Å². The number of ether oxygens (including phenoxy) is 1. The number of hydrogen-bond donors (Lipinski definition) is 1. The first-order valence-electron chi connectivity index (χ1n) is 6.34. The smallest absolute Gasteiger partial charge is 0.322 e. The van der Waals surface area contributed by atoms with Gasteiger partial charge in [-0.15, -0.1) is 0 Å². The van der Waals surface area contributed by atoms with Crippen molar-refractivity contribution in [2.75, 3.05) is 18.9 Å². The van der Waals surface area contributed by atoms with Crippen LogP contribution in [0.4, 0.5) is 0 Å². The van der Waals surface area contributed by atoms with Gasteiger partial charge >= 0.3 is 5.97 Å². The van der Waals surface area contributed by atoms with Crippen molar-refractivity contribution in [1.82, 2.24) is 4.31 Å². The molecule has 1 unspecified atom stereocenters. The highest BCUT2D eigenvalue weighted by Gasteiger charge is 2.38. The van der Waals surface area contributed by atoms with Crippen molar-refractivity contribution >= 4 is 16.0 Å². The molecule has 0 aromatic rings. The first-order chi connectivity index (χ1) is 8.50. The normalized spacial score (nSPS) is 30.4. The Morgan fingerprint density at radius 3 is 2.67 bits per heavy atom. The van der Waals surface area contributed by atoms with Crippen molar-refractivity contribution in [1.29, 1.82) is 0 Å². The minimum absolute atomic E-state index is 0.0865. The first kappa shape index (κ1) is 13.8. The molecule has 0 saturated carbocycles. The molecule has 2 heterocycles. The number of carboxylic acids is 1. The number of carbonyl (C=O) groups is 1. The zero-order chi connectivity index (χ0) is 13.2. The van der Waals surface area contributed by atoms with Crippen LogP contribution in [0.1, 0.15) is 32.1 Å². The molecule has 0 aliphatic carbocycles. The van der Waals surface area contributed by atoms with Crippen molar-refractivity contribution in [3.8, 4) is 0 Å². The molecule has 2 aliphatic rings. The van der Waals surface area contributed by atoms with E-state index in [1.54, 1.807) is 0 Å². The van der Waals surface area contributed by atoms with Crippen LogP contribution >= 0.6 is 0 Å². The van der Waals surface area contributed by atoms with E-state index in [1.807, 2.05) is 0 Å². The number of rotatable bonds is 4. The number of nitrogens with zero attached hydrogens (tertiary/aromatic N) is 1. The average Bonchev–Trinajstić information content (AvgIpc) is 2.81. The molecule has 18 heavy (non-hydrogen) atoms. The van der Waals surface area contributed by atoms with Crippen LogP contribution < -0.4 is 0 Å². The molecule has 104 valence electrons. The summed E-state index contributed by atoms with van der Waals surface area (Å²) in [5.41, 5.74) is 0. The number of piperidine rings is 1. The Morgan fingerprint density at radius 2 is 2.06 bits per heavy atom. The monoisotopic (exact) mass is 277 g/mol. The third kappa shape index (κ3) is 3.02. The molecule has 2 atom stereocenters. The van der Waals surface area contributed by atoms with Crippen molar-refractivity contribution in [2.24, 2.45) is 0 Å². The Labute approximate surface area is 107 Å². The molecule has 0 spiro atoms. The van der Waals surface area contributed by atoms with Gasteiger partial charge < -0.3 is 9.84 Å². The lowest BCUT2D eigenvalue weighted by molar-refractivity contribution is -0.142. The van der Waals surface area contributed by atoms with Gasteiger partial charge in [-0.05, 0) is 32.1 Å². The summed E-state index contributed by atoms with van der Waals surface area (Å²) in [6, 6.07) is -0.898. The maximum absolute atomic E-state index is 12.2. The van der Waals surface area contributed by atoms with Crippen molar-refractivity contribution in [2.45, 2.75) is 44.2 Å². The molecule has 2 saturated heterocycles. The van der Waals surface area contributed by atoms with E-state index in [1.165, 1.54) is 0 Å². The Hall–Kier alpha value is -0.660. The second-order valence-electron chi connectivity index (χ2n) is 4.87. The lowest BCUT2D eigenvalue weighted by Gasteiger charge is -2.32. The number of carboxylic acid groups (broad SMARTS) is 1. The van der Waals surface area contributed by atoms with Crippen LogP contribution in [0.5, 0.6) is 0 Å². The van der Waals surface area contributed by atoms with Crippen LogP contribution in [0.25, 0.3) is 0 Å². The minimum atomic E-state index is -3.53. The summed E-state index contributed by atoms with van der Waals surface area (Å²) in [6.07, 6.45) is 3.25. The fourth-order valence-corrected chi connectivity index (χ4v) is 4.51. The Kier molecular flexibility index (Phi) is 4.24. The third-order valence-corrected chi connectivity index (χ3v) is 5.46. The minimum Gasteiger partial charge on any atom is -0.480 e. The topological polar surface area (TPSA) is 83.9 Å². The predicted octanol–water partition coefficient (Wildman–Crippen LogP) is 0.434. The quantitative estimate of drug-likeness (QED) is 0.806. The van der Waals surface area contributed by atoms with Gasteiger partial charge in [0.15, 0.2) is 0 Å². The Morgan fingerprint density at radius 1 is 1.28 bits per heavy atom. The van der Waals surface area contributed by atoms with Gasteiger partial charge in [-0.1, -0.05) is 0 Å². The van der Waals surface area contributed by atoms with Gasteiger partial charge in [0, 0.05) is 13.2 Å². The highest BCUT2D eigenvalue weighted by molar-refractivity contribution is 7.89. The van der Waals surface area contributed by atoms with Crippen LogP contribution in [0, 0.1) is 0 Å². The summed E-state index contributed by atoms with van der Waals surface area (Å²) < 4.78 is 31.0. The van der Waals surface area contributed by atoms with E-state index in [0.717, 1.165) is 30.0 Å². The van der Waals surface area contributed by atoms with Gasteiger partial charge in [0.1, 0.15) is 6.04 Å². The zero-order valence-corrected chi connectivity index (χ0v) is 11.1. The van der Waals surface area contributed by atoms with Crippen molar-refractivity contribution < 1.29 is 23.1 Å². The molecule has 0 aromatic heterocycles. The first-order valence-corrected chi connectivity index (χ1v) is 7.95. The van der Waals surface area contributed by atoms with Crippen LogP contribution in [0.2, 0.25) is 0 Å². The molecule has 1 N–H and O–H groups in total. The van der Waals surface area contributed by atoms with E-state index in [-0.39, 0.29) is 11.9 Å². The highest BCUT2D eigenvalue weighted by Crippen LogP contribution is 2.23. The summed E-state index contributed by atoms with van der Waals surface area (Å²) in [5.74, 6) is -1.14. The molecule has 0 aromatic carbocycles. The number of sulfonamides is 1. The molecule has 2 aliphatic heterocycles. The summed E-state index contributed by atoms with van der Waals surface area (Å²) in [5, 5.41) is 9.10. The fourth-order valence-electron chi connectivity index (χ4n) is 2.59. The van der Waals surface area contributed by atoms with Gasteiger partial charge in [0.25, 0.3) is 0 Å². The summed E-state index contributed by atoms with van der Waals surface area (Å²) in [6.45, 7) is 0.911. The maximum Gasteiger partial charge on any atom is 0.322 e. The molecule has 0 amide bonds. The molecule has 6 nitrogen and oxygen atoms in total. The lowest BCUT2D eigenvalue weighted by Crippen LogP contribution is -2.49. The lowest BCUT2D eigenvalue weighted by atomic mass is 10.1. The van der Waals surface area contributed by atoms with Gasteiger partial charge in [-0.25, -0.2) is 8.42 Å². The highest BCUT2D eigenvalue weighted by atomic mass is 32.2. The van der Waals surface area contributed by atoms with Gasteiger partial charge in [-0.2, -0.15) is 4.31 Å². The molecule has 2 fully saturated rings. The van der Waals surface area contributed by atoms with E-state index in [4.69, 9.17) is 9.84 Å². The second kappa shape index (κ2) is 5.54. The Balaban J connectivity index is 2.08. The van der Waals surface area contributed by atoms with Crippen LogP contribution in [0.3, 0.4) is 0 Å². The van der Waals surface area contributed by atoms with Crippen LogP contribution in [-0.2, 0) is 19.6 Å². The standard InChI is InChI=1S/C11H19NO5S/c13-11(14)10-5-1-2-6-12(10)18(15,16)8-9-4-3-7-17-9/h9-10H,1-8H2,(H,13,14)/t9?,10-/m1/s1. The van der Waals surface area contributed by atoms with Crippen LogP contribution in [0.15, 0.2) is 0 Å². The average molecular weight is 277 g/mol. The molecule has 7 heteroatoms. The van der Waals surface area contributed by atoms with Gasteiger partial charge in [-0.3, -0.25) is 4.79 Å². The van der Waals surface area contributed by atoms with Gasteiger partial charge in [0.2, 0.25) is 10.0 Å². The molecule has 0 radical (unpaired) electrons. The van der Waals surface area contributed by atoms with E-state index < -0.39 is 22.0 Å². The molecule has 0 bridgehead atoms. The molecular formula is C11H19NO5S. The van der Waals surface area contributed by atoms with Crippen molar-refractivity contribution in [3.05, 3.63) is 0 Å². The summed E-state index contributed by atoms with van der Waals surface area (Å²) in [4.78, 5) is 11.1. The molecule has 2 rings (SSSR count). The third-order valence-electron chi connectivity index (χ3n) is 3.52. The molecular weight excluding hydrogens is 258 g/mol. The SMILES string of the molecule is O=C(O)[C@H]1CCCCN1S(=O)(=O)CC1CCCO1.